The van der Waals surface area contributed by atoms with Crippen molar-refractivity contribution >= 4 is 17.0 Å². The molecule has 0 bridgehead atoms. The van der Waals surface area contributed by atoms with E-state index in [0.29, 0.717) is 11.5 Å². The SMILES string of the molecule is Nc1ncnc2nc(CCC3CCCNC3)[nH]c12. The summed E-state index contributed by atoms with van der Waals surface area (Å²) >= 11 is 0. The second-order valence-corrected chi connectivity index (χ2v) is 4.89. The summed E-state index contributed by atoms with van der Waals surface area (Å²) in [6.45, 7) is 2.29. The minimum atomic E-state index is 0.470. The number of nitrogens with two attached hydrogens (primary N) is 1. The second-order valence-electron chi connectivity index (χ2n) is 4.89. The molecule has 3 heterocycles. The Labute approximate surface area is 105 Å². The van der Waals surface area contributed by atoms with Gasteiger partial charge in [-0.3, -0.25) is 0 Å². The van der Waals surface area contributed by atoms with Crippen LogP contribution < -0.4 is 11.1 Å². The number of nitrogen functional groups attached to an aromatic ring is 1. The predicted octanol–water partition coefficient (Wildman–Crippen LogP) is 0.867. The van der Waals surface area contributed by atoms with E-state index in [-0.39, 0.29) is 0 Å². The van der Waals surface area contributed by atoms with Crippen LogP contribution in [0.25, 0.3) is 11.2 Å². The Balaban J connectivity index is 1.69. The number of rotatable bonds is 3. The van der Waals surface area contributed by atoms with E-state index >= 15 is 0 Å². The molecular formula is C12H18N6. The number of aromatic nitrogens is 4. The Morgan fingerprint density at radius 1 is 1.39 bits per heavy atom. The zero-order valence-corrected chi connectivity index (χ0v) is 10.3. The molecule has 0 aromatic carbocycles. The number of H-pyrrole nitrogens is 1. The maximum atomic E-state index is 5.78. The van der Waals surface area contributed by atoms with Gasteiger partial charge in [0.15, 0.2) is 11.5 Å². The van der Waals surface area contributed by atoms with Gasteiger partial charge in [0.05, 0.1) is 0 Å². The summed E-state index contributed by atoms with van der Waals surface area (Å²) in [7, 11) is 0. The Hall–Kier alpha value is -1.69. The average molecular weight is 246 g/mol. The molecule has 1 saturated heterocycles. The zero-order valence-electron chi connectivity index (χ0n) is 10.3. The molecule has 1 aliphatic heterocycles. The number of hydrogen-bond acceptors (Lipinski definition) is 5. The third-order valence-electron chi connectivity index (χ3n) is 3.56. The van der Waals surface area contributed by atoms with Gasteiger partial charge in [-0.2, -0.15) is 0 Å². The highest BCUT2D eigenvalue weighted by atomic mass is 15.0. The molecule has 1 fully saturated rings. The molecule has 6 nitrogen and oxygen atoms in total. The number of imidazole rings is 1. The van der Waals surface area contributed by atoms with Crippen molar-refractivity contribution in [1.82, 2.24) is 25.3 Å². The summed E-state index contributed by atoms with van der Waals surface area (Å²) in [5.74, 6) is 2.19. The number of aryl methyl sites for hydroxylation is 1. The standard InChI is InChI=1S/C12H18N6/c13-11-10-12(16-7-15-11)18-9(17-10)4-3-8-2-1-5-14-6-8/h7-8,14H,1-6H2,(H3,13,15,16,17,18). The minimum Gasteiger partial charge on any atom is -0.382 e. The molecule has 0 aliphatic carbocycles. The number of hydrogen-bond donors (Lipinski definition) is 3. The van der Waals surface area contributed by atoms with Crippen LogP contribution in [-0.2, 0) is 6.42 Å². The first-order valence-corrected chi connectivity index (χ1v) is 6.48. The van der Waals surface area contributed by atoms with Crippen LogP contribution >= 0.6 is 0 Å². The van der Waals surface area contributed by atoms with Gasteiger partial charge in [-0.25, -0.2) is 15.0 Å². The lowest BCUT2D eigenvalue weighted by atomic mass is 9.95. The van der Waals surface area contributed by atoms with E-state index in [9.17, 15) is 0 Å². The average Bonchev–Trinajstić information content (AvgIpc) is 2.82. The molecule has 0 saturated carbocycles. The molecule has 4 N–H and O–H groups in total. The van der Waals surface area contributed by atoms with Crippen LogP contribution in [0.15, 0.2) is 6.33 Å². The van der Waals surface area contributed by atoms with Crippen molar-refractivity contribution in [2.24, 2.45) is 5.92 Å². The van der Waals surface area contributed by atoms with Crippen LogP contribution in [0.4, 0.5) is 5.82 Å². The van der Waals surface area contributed by atoms with Crippen LogP contribution in [-0.4, -0.2) is 33.0 Å². The van der Waals surface area contributed by atoms with Crippen molar-refractivity contribution in [2.75, 3.05) is 18.8 Å². The molecule has 2 aromatic heterocycles. The van der Waals surface area contributed by atoms with Crippen molar-refractivity contribution in [2.45, 2.75) is 25.7 Å². The number of piperidine rings is 1. The fourth-order valence-corrected chi connectivity index (χ4v) is 2.52. The van der Waals surface area contributed by atoms with Gasteiger partial charge in [-0.1, -0.05) is 0 Å². The van der Waals surface area contributed by atoms with E-state index in [1.165, 1.54) is 19.2 Å². The van der Waals surface area contributed by atoms with Crippen LogP contribution in [0.3, 0.4) is 0 Å². The zero-order chi connectivity index (χ0) is 12.4. The van der Waals surface area contributed by atoms with E-state index in [2.05, 4.69) is 25.3 Å². The maximum Gasteiger partial charge on any atom is 0.183 e. The Kier molecular flexibility index (Phi) is 3.10. The molecule has 1 aliphatic rings. The number of anilines is 1. The summed E-state index contributed by atoms with van der Waals surface area (Å²) in [5.41, 5.74) is 7.20. The Morgan fingerprint density at radius 2 is 2.33 bits per heavy atom. The monoisotopic (exact) mass is 246 g/mol. The Bertz CT molecular complexity index is 528. The highest BCUT2D eigenvalue weighted by Gasteiger charge is 2.14. The highest BCUT2D eigenvalue weighted by Crippen LogP contribution is 2.18. The molecule has 6 heteroatoms. The van der Waals surface area contributed by atoms with Crippen molar-refractivity contribution in [1.29, 1.82) is 0 Å². The third-order valence-corrected chi connectivity index (χ3v) is 3.56. The van der Waals surface area contributed by atoms with Gasteiger partial charge >= 0.3 is 0 Å². The van der Waals surface area contributed by atoms with Crippen molar-refractivity contribution in [3.05, 3.63) is 12.2 Å². The van der Waals surface area contributed by atoms with Gasteiger partial charge in [0.25, 0.3) is 0 Å². The maximum absolute atomic E-state index is 5.78. The number of aromatic amines is 1. The minimum absolute atomic E-state index is 0.470. The van der Waals surface area contributed by atoms with Crippen molar-refractivity contribution < 1.29 is 0 Å². The van der Waals surface area contributed by atoms with E-state index in [0.717, 1.165) is 43.2 Å². The summed E-state index contributed by atoms with van der Waals surface area (Å²) in [5, 5.41) is 3.43. The lowest BCUT2D eigenvalue weighted by Gasteiger charge is -2.22. The molecule has 96 valence electrons. The third kappa shape index (κ3) is 2.28. The Morgan fingerprint density at radius 3 is 3.11 bits per heavy atom. The van der Waals surface area contributed by atoms with E-state index < -0.39 is 0 Å². The van der Waals surface area contributed by atoms with Gasteiger partial charge in [0, 0.05) is 6.42 Å². The van der Waals surface area contributed by atoms with E-state index in [1.54, 1.807) is 0 Å². The number of nitrogens with one attached hydrogen (secondary N) is 2. The van der Waals surface area contributed by atoms with Crippen LogP contribution in [0.2, 0.25) is 0 Å². The molecule has 0 spiro atoms. The van der Waals surface area contributed by atoms with Crippen LogP contribution in [0.1, 0.15) is 25.1 Å². The largest absolute Gasteiger partial charge is 0.382 e. The lowest BCUT2D eigenvalue weighted by Crippen LogP contribution is -2.29. The van der Waals surface area contributed by atoms with Crippen molar-refractivity contribution in [3.63, 3.8) is 0 Å². The first-order chi connectivity index (χ1) is 8.83. The molecule has 0 radical (unpaired) electrons. The molecule has 2 aromatic rings. The first-order valence-electron chi connectivity index (χ1n) is 6.48. The quantitative estimate of drug-likeness (QED) is 0.747. The van der Waals surface area contributed by atoms with Gasteiger partial charge in [0.2, 0.25) is 0 Å². The van der Waals surface area contributed by atoms with Gasteiger partial charge in [-0.15, -0.1) is 0 Å². The topological polar surface area (TPSA) is 92.5 Å². The van der Waals surface area contributed by atoms with E-state index in [4.69, 9.17) is 5.73 Å². The number of nitrogens with zero attached hydrogens (tertiary/aromatic N) is 3. The van der Waals surface area contributed by atoms with Crippen LogP contribution in [0, 0.1) is 5.92 Å². The molecule has 3 rings (SSSR count). The molecule has 1 atom stereocenters. The van der Waals surface area contributed by atoms with Crippen LogP contribution in [0.5, 0.6) is 0 Å². The summed E-state index contributed by atoms with van der Waals surface area (Å²) in [4.78, 5) is 15.7. The smallest absolute Gasteiger partial charge is 0.183 e. The summed E-state index contributed by atoms with van der Waals surface area (Å²) < 4.78 is 0. The first kappa shape index (κ1) is 11.4. The normalized spacial score (nSPS) is 20.3. The number of fused-ring (bicyclic) bond motifs is 1. The summed E-state index contributed by atoms with van der Waals surface area (Å²) in [6.07, 6.45) is 6.15. The second kappa shape index (κ2) is 4.89. The van der Waals surface area contributed by atoms with E-state index in [1.807, 2.05) is 0 Å². The van der Waals surface area contributed by atoms with Gasteiger partial charge < -0.3 is 16.0 Å². The predicted molar refractivity (Wildman–Crippen MR) is 70.0 cm³/mol. The lowest BCUT2D eigenvalue weighted by molar-refractivity contribution is 0.356. The molecular weight excluding hydrogens is 228 g/mol. The molecule has 18 heavy (non-hydrogen) atoms. The molecule has 1 unspecified atom stereocenters. The fourth-order valence-electron chi connectivity index (χ4n) is 2.52. The molecule has 0 amide bonds. The fraction of sp³-hybridized carbons (Fsp3) is 0.583. The highest BCUT2D eigenvalue weighted by molar-refractivity contribution is 5.80. The van der Waals surface area contributed by atoms with Gasteiger partial charge in [-0.05, 0) is 38.3 Å². The van der Waals surface area contributed by atoms with Gasteiger partial charge in [0.1, 0.15) is 17.7 Å². The van der Waals surface area contributed by atoms with Crippen molar-refractivity contribution in [3.8, 4) is 0 Å². The summed E-state index contributed by atoms with van der Waals surface area (Å²) in [6, 6.07) is 0.